The fraction of sp³-hybridized carbons (Fsp3) is 0.333. The van der Waals surface area contributed by atoms with E-state index in [0.717, 1.165) is 19.4 Å². The molecule has 0 saturated carbocycles. The van der Waals surface area contributed by atoms with Crippen LogP contribution in [0, 0.1) is 6.92 Å². The van der Waals surface area contributed by atoms with Gasteiger partial charge in [-0.2, -0.15) is 0 Å². The van der Waals surface area contributed by atoms with Gasteiger partial charge in [0.15, 0.2) is 8.68 Å². The number of aromatic nitrogens is 3. The fourth-order valence-electron chi connectivity index (χ4n) is 1.05. The van der Waals surface area contributed by atoms with Crippen LogP contribution in [0.15, 0.2) is 14.1 Å². The Kier molecular flexibility index (Phi) is 4.08. The van der Waals surface area contributed by atoms with Crippen LogP contribution in [0.5, 0.6) is 0 Å². The monoisotopic (exact) mass is 287 g/mol. The molecule has 0 aliphatic rings. The maximum absolute atomic E-state index is 10.4. The smallest absolute Gasteiger partial charge is 0.303 e. The molecule has 0 fully saturated rings. The summed E-state index contributed by atoms with van der Waals surface area (Å²) in [6, 6.07) is 0. The molecular formula is C9H9N3O2S3. The number of hydrogen-bond acceptors (Lipinski definition) is 7. The molecule has 0 bridgehead atoms. The molecular weight excluding hydrogens is 278 g/mol. The van der Waals surface area contributed by atoms with Gasteiger partial charge >= 0.3 is 5.97 Å². The van der Waals surface area contributed by atoms with E-state index < -0.39 is 5.97 Å². The molecule has 0 aliphatic carbocycles. The number of carboxylic acid groups (broad SMARTS) is 1. The second kappa shape index (κ2) is 5.56. The molecule has 5 nitrogen and oxygen atoms in total. The van der Waals surface area contributed by atoms with Gasteiger partial charge in [-0.3, -0.25) is 4.79 Å². The Morgan fingerprint density at radius 2 is 2.29 bits per heavy atom. The van der Waals surface area contributed by atoms with E-state index in [1.54, 1.807) is 11.3 Å². The zero-order valence-electron chi connectivity index (χ0n) is 8.91. The molecule has 0 atom stereocenters. The lowest BCUT2D eigenvalue weighted by molar-refractivity contribution is -0.136. The van der Waals surface area contributed by atoms with E-state index in [-0.39, 0.29) is 6.42 Å². The van der Waals surface area contributed by atoms with Gasteiger partial charge in [-0.15, -0.1) is 21.5 Å². The molecule has 8 heteroatoms. The molecule has 0 radical (unpaired) electrons. The minimum absolute atomic E-state index is 0.0929. The lowest BCUT2D eigenvalue weighted by Crippen LogP contribution is -1.96. The van der Waals surface area contributed by atoms with Gasteiger partial charge in [0.25, 0.3) is 0 Å². The van der Waals surface area contributed by atoms with Crippen LogP contribution >= 0.6 is 34.4 Å². The van der Waals surface area contributed by atoms with Gasteiger partial charge in [-0.05, 0) is 18.7 Å². The van der Waals surface area contributed by atoms with Crippen molar-refractivity contribution in [1.29, 1.82) is 0 Å². The van der Waals surface area contributed by atoms with Crippen LogP contribution < -0.4 is 0 Å². The number of aryl methyl sites for hydroxylation is 2. The van der Waals surface area contributed by atoms with Crippen LogP contribution in [0.25, 0.3) is 0 Å². The molecule has 17 heavy (non-hydrogen) atoms. The van der Waals surface area contributed by atoms with E-state index in [9.17, 15) is 4.79 Å². The van der Waals surface area contributed by atoms with Crippen LogP contribution in [-0.4, -0.2) is 26.3 Å². The number of aliphatic carboxylic acids is 1. The molecule has 2 rings (SSSR count). The summed E-state index contributed by atoms with van der Waals surface area (Å²) in [5.41, 5.74) is 0.994. The lowest BCUT2D eigenvalue weighted by atomic mass is 10.3. The van der Waals surface area contributed by atoms with Crippen LogP contribution in [0.2, 0.25) is 0 Å². The number of carboxylic acids is 1. The third-order valence-electron chi connectivity index (χ3n) is 1.77. The van der Waals surface area contributed by atoms with Gasteiger partial charge in [0.2, 0.25) is 0 Å². The largest absolute Gasteiger partial charge is 0.481 e. The van der Waals surface area contributed by atoms with E-state index >= 15 is 0 Å². The van der Waals surface area contributed by atoms with Crippen molar-refractivity contribution in [1.82, 2.24) is 15.2 Å². The molecule has 2 aromatic heterocycles. The minimum atomic E-state index is -0.815. The van der Waals surface area contributed by atoms with E-state index in [4.69, 9.17) is 5.11 Å². The molecule has 2 heterocycles. The van der Waals surface area contributed by atoms with Crippen molar-refractivity contribution < 1.29 is 9.90 Å². The standard InChI is InChI=1S/C9H9N3O2S3/c1-5-4-15-8(10-5)17-9-12-11-6(16-9)2-3-7(13)14/h4H,2-3H2,1H3,(H,13,14). The molecule has 0 saturated heterocycles. The number of rotatable bonds is 5. The first-order chi connectivity index (χ1) is 8.13. The predicted molar refractivity (Wildman–Crippen MR) is 66.8 cm³/mol. The maximum atomic E-state index is 10.4. The molecule has 0 spiro atoms. The maximum Gasteiger partial charge on any atom is 0.303 e. The van der Waals surface area contributed by atoms with Gasteiger partial charge in [0.05, 0.1) is 6.42 Å². The first-order valence-corrected chi connectivity index (χ1v) is 7.29. The van der Waals surface area contributed by atoms with Gasteiger partial charge in [0.1, 0.15) is 5.01 Å². The Morgan fingerprint density at radius 3 is 2.94 bits per heavy atom. The highest BCUT2D eigenvalue weighted by molar-refractivity contribution is 8.02. The lowest BCUT2D eigenvalue weighted by Gasteiger charge is -1.89. The number of thiazole rings is 1. The highest BCUT2D eigenvalue weighted by atomic mass is 32.2. The van der Waals surface area contributed by atoms with Crippen molar-refractivity contribution in [3.05, 3.63) is 16.1 Å². The Hall–Kier alpha value is -0.990. The third kappa shape index (κ3) is 3.76. The number of nitrogens with zero attached hydrogens (tertiary/aromatic N) is 3. The van der Waals surface area contributed by atoms with Gasteiger partial charge < -0.3 is 5.11 Å². The van der Waals surface area contributed by atoms with Crippen LogP contribution in [-0.2, 0) is 11.2 Å². The molecule has 90 valence electrons. The minimum Gasteiger partial charge on any atom is -0.481 e. The summed E-state index contributed by atoms with van der Waals surface area (Å²) >= 11 is 4.46. The third-order valence-corrected chi connectivity index (χ3v) is 4.86. The highest BCUT2D eigenvalue weighted by Gasteiger charge is 2.09. The molecule has 2 aromatic rings. The normalized spacial score (nSPS) is 10.6. The average Bonchev–Trinajstić information content (AvgIpc) is 2.86. The Morgan fingerprint density at radius 1 is 1.47 bits per heavy atom. The van der Waals surface area contributed by atoms with Gasteiger partial charge in [-0.1, -0.05) is 11.3 Å². The first kappa shape index (κ1) is 12.5. The van der Waals surface area contributed by atoms with Crippen molar-refractivity contribution in [2.75, 3.05) is 0 Å². The summed E-state index contributed by atoms with van der Waals surface area (Å²) in [5, 5.41) is 19.3. The van der Waals surface area contributed by atoms with Crippen molar-refractivity contribution in [2.45, 2.75) is 28.4 Å². The van der Waals surface area contributed by atoms with E-state index in [0.29, 0.717) is 6.42 Å². The molecule has 0 aromatic carbocycles. The van der Waals surface area contributed by atoms with Crippen molar-refractivity contribution in [3.63, 3.8) is 0 Å². The Labute approximate surface area is 110 Å². The topological polar surface area (TPSA) is 76.0 Å². The molecule has 1 N–H and O–H groups in total. The van der Waals surface area contributed by atoms with Crippen LogP contribution in [0.1, 0.15) is 17.1 Å². The quantitative estimate of drug-likeness (QED) is 0.910. The van der Waals surface area contributed by atoms with Gasteiger partial charge in [0, 0.05) is 17.5 Å². The Bertz CT molecular complexity index is 523. The second-order valence-electron chi connectivity index (χ2n) is 3.21. The predicted octanol–water partition coefficient (Wildman–Crippen LogP) is 2.47. The highest BCUT2D eigenvalue weighted by Crippen LogP contribution is 2.32. The summed E-state index contributed by atoms with van der Waals surface area (Å²) in [6.07, 6.45) is 0.528. The molecule has 0 amide bonds. The first-order valence-electron chi connectivity index (χ1n) is 4.77. The van der Waals surface area contributed by atoms with Crippen LogP contribution in [0.3, 0.4) is 0 Å². The summed E-state index contributed by atoms with van der Waals surface area (Å²) in [5.74, 6) is -0.815. The summed E-state index contributed by atoms with van der Waals surface area (Å²) in [7, 11) is 0. The van der Waals surface area contributed by atoms with E-state index in [2.05, 4.69) is 15.2 Å². The van der Waals surface area contributed by atoms with E-state index in [1.165, 1.54) is 23.1 Å². The van der Waals surface area contributed by atoms with Crippen molar-refractivity contribution >= 4 is 40.4 Å². The zero-order valence-corrected chi connectivity index (χ0v) is 11.4. The van der Waals surface area contributed by atoms with Gasteiger partial charge in [-0.25, -0.2) is 4.98 Å². The van der Waals surface area contributed by atoms with Crippen molar-refractivity contribution in [2.24, 2.45) is 0 Å². The van der Waals surface area contributed by atoms with Crippen LogP contribution in [0.4, 0.5) is 0 Å². The summed E-state index contributed by atoms with van der Waals surface area (Å²) < 4.78 is 1.74. The average molecular weight is 287 g/mol. The fourth-order valence-corrected chi connectivity index (χ4v) is 3.98. The summed E-state index contributed by atoms with van der Waals surface area (Å²) in [6.45, 7) is 1.94. The molecule has 0 aliphatic heterocycles. The Balaban J connectivity index is 1.96. The number of carbonyl (C=O) groups is 1. The summed E-state index contributed by atoms with van der Waals surface area (Å²) in [4.78, 5) is 14.7. The molecule has 0 unspecified atom stereocenters. The SMILES string of the molecule is Cc1csc(Sc2nnc(CCC(=O)O)s2)n1. The van der Waals surface area contributed by atoms with Crippen molar-refractivity contribution in [3.8, 4) is 0 Å². The number of hydrogen-bond donors (Lipinski definition) is 1. The van der Waals surface area contributed by atoms with E-state index in [1.807, 2.05) is 12.3 Å². The second-order valence-corrected chi connectivity index (χ2v) is 6.63. The zero-order chi connectivity index (χ0) is 12.3.